The molecule has 3 aromatic carbocycles. The van der Waals surface area contributed by atoms with Gasteiger partial charge >= 0.3 is 0 Å². The molecular weight excluding hydrogens is 483 g/mol. The summed E-state index contributed by atoms with van der Waals surface area (Å²) < 4.78 is 33.3. The summed E-state index contributed by atoms with van der Waals surface area (Å²) in [5, 5.41) is 3.50. The number of hydrogen-bond donors (Lipinski definition) is 1. The summed E-state index contributed by atoms with van der Waals surface area (Å²) in [6.45, 7) is 3.70. The Kier molecular flexibility index (Phi) is 8.24. The lowest BCUT2D eigenvalue weighted by Gasteiger charge is -2.25. The highest BCUT2D eigenvalue weighted by molar-refractivity contribution is 7.92. The zero-order valence-electron chi connectivity index (χ0n) is 18.2. The van der Waals surface area contributed by atoms with Crippen LogP contribution >= 0.6 is 23.2 Å². The van der Waals surface area contributed by atoms with E-state index >= 15 is 0 Å². The molecule has 0 bridgehead atoms. The third-order valence-electron chi connectivity index (χ3n) is 4.85. The number of carbonyl (C=O) groups is 1. The van der Waals surface area contributed by atoms with Crippen molar-refractivity contribution < 1.29 is 17.9 Å². The average Bonchev–Trinajstić information content (AvgIpc) is 2.78. The first-order chi connectivity index (χ1) is 15.7. The number of ether oxygens (including phenoxy) is 1. The number of hydrogen-bond acceptors (Lipinski definition) is 4. The van der Waals surface area contributed by atoms with Crippen LogP contribution in [-0.2, 0) is 14.8 Å². The molecule has 1 amide bonds. The Bertz CT molecular complexity index is 1230. The summed E-state index contributed by atoms with van der Waals surface area (Å²) in [6, 6.07) is 18.2. The lowest BCUT2D eigenvalue weighted by atomic mass is 10.2. The predicted octanol–water partition coefficient (Wildman–Crippen LogP) is 5.00. The van der Waals surface area contributed by atoms with E-state index in [2.05, 4.69) is 5.32 Å². The first-order valence-corrected chi connectivity index (χ1v) is 12.4. The summed E-state index contributed by atoms with van der Waals surface area (Å²) in [5.74, 6) is 0.0932. The lowest BCUT2D eigenvalue weighted by Crippen LogP contribution is -2.42. The monoisotopic (exact) mass is 506 g/mol. The molecule has 3 rings (SSSR count). The van der Waals surface area contributed by atoms with Crippen LogP contribution in [0.4, 0.5) is 5.69 Å². The number of carbonyl (C=O) groups excluding carboxylic acids is 1. The van der Waals surface area contributed by atoms with Gasteiger partial charge in [0.1, 0.15) is 18.9 Å². The molecule has 0 radical (unpaired) electrons. The normalized spacial score (nSPS) is 11.2. The predicted molar refractivity (Wildman–Crippen MR) is 132 cm³/mol. The standard InChI is InChI=1S/C24H24Cl2N2O4S/c1-17-7-11-20(12-8-17)33(30,31)28(23-6-4-3-5-21(23)25)16-24(29)27-13-14-32-19-10-9-18(2)22(26)15-19/h3-12,15H,13-14,16H2,1-2H3,(H,27,29). The first kappa shape index (κ1) is 24.9. The summed E-state index contributed by atoms with van der Waals surface area (Å²) in [4.78, 5) is 12.7. The summed E-state index contributed by atoms with van der Waals surface area (Å²) in [6.07, 6.45) is 0. The number of halogens is 2. The molecule has 0 spiro atoms. The zero-order chi connectivity index (χ0) is 24.0. The molecule has 0 heterocycles. The van der Waals surface area contributed by atoms with Crippen molar-refractivity contribution in [3.8, 4) is 5.75 Å². The topological polar surface area (TPSA) is 75.7 Å². The van der Waals surface area contributed by atoms with Gasteiger partial charge in [-0.05, 0) is 55.8 Å². The van der Waals surface area contributed by atoms with Crippen molar-refractivity contribution in [1.82, 2.24) is 5.32 Å². The van der Waals surface area contributed by atoms with Crippen molar-refractivity contribution in [2.45, 2.75) is 18.7 Å². The van der Waals surface area contributed by atoms with Gasteiger partial charge in [-0.1, -0.05) is 59.1 Å². The number of nitrogens with one attached hydrogen (secondary N) is 1. The van der Waals surface area contributed by atoms with Gasteiger partial charge in [0.15, 0.2) is 0 Å². The SMILES string of the molecule is Cc1ccc(S(=O)(=O)N(CC(=O)NCCOc2ccc(C)c(Cl)c2)c2ccccc2Cl)cc1. The fourth-order valence-corrected chi connectivity index (χ4v) is 4.90. The number of amides is 1. The first-order valence-electron chi connectivity index (χ1n) is 10.2. The van der Waals surface area contributed by atoms with Crippen LogP contribution in [0.15, 0.2) is 71.6 Å². The van der Waals surface area contributed by atoms with Gasteiger partial charge in [0, 0.05) is 5.02 Å². The van der Waals surface area contributed by atoms with Crippen molar-refractivity contribution >= 4 is 44.8 Å². The van der Waals surface area contributed by atoms with E-state index in [4.69, 9.17) is 27.9 Å². The molecule has 6 nitrogen and oxygen atoms in total. The van der Waals surface area contributed by atoms with Crippen LogP contribution in [0, 0.1) is 13.8 Å². The average molecular weight is 507 g/mol. The van der Waals surface area contributed by atoms with Crippen LogP contribution < -0.4 is 14.4 Å². The van der Waals surface area contributed by atoms with E-state index in [0.29, 0.717) is 10.8 Å². The molecule has 0 aliphatic carbocycles. The maximum Gasteiger partial charge on any atom is 0.264 e. The summed E-state index contributed by atoms with van der Waals surface area (Å²) in [5.41, 5.74) is 2.08. The van der Waals surface area contributed by atoms with Gasteiger partial charge in [-0.15, -0.1) is 0 Å². The number of benzene rings is 3. The molecule has 0 aliphatic heterocycles. The Morgan fingerprint density at radius 1 is 0.970 bits per heavy atom. The molecule has 33 heavy (non-hydrogen) atoms. The molecular formula is C24H24Cl2N2O4S. The molecule has 0 atom stereocenters. The highest BCUT2D eigenvalue weighted by atomic mass is 35.5. The number of sulfonamides is 1. The Morgan fingerprint density at radius 2 is 1.67 bits per heavy atom. The molecule has 9 heteroatoms. The van der Waals surface area contributed by atoms with Crippen LogP contribution in [0.25, 0.3) is 0 Å². The quantitative estimate of drug-likeness (QED) is 0.414. The van der Waals surface area contributed by atoms with Crippen LogP contribution in [-0.4, -0.2) is 34.0 Å². The molecule has 0 unspecified atom stereocenters. The second-order valence-electron chi connectivity index (χ2n) is 7.39. The molecule has 0 aromatic heterocycles. The highest BCUT2D eigenvalue weighted by Gasteiger charge is 2.28. The molecule has 0 aliphatic rings. The number of rotatable bonds is 9. The third kappa shape index (κ3) is 6.41. The molecule has 0 saturated heterocycles. The van der Waals surface area contributed by atoms with Crippen molar-refractivity contribution in [2.75, 3.05) is 24.0 Å². The number of anilines is 1. The maximum absolute atomic E-state index is 13.4. The van der Waals surface area contributed by atoms with E-state index in [1.54, 1.807) is 48.5 Å². The van der Waals surface area contributed by atoms with Gasteiger partial charge in [0.25, 0.3) is 10.0 Å². The van der Waals surface area contributed by atoms with E-state index in [1.165, 1.54) is 12.1 Å². The van der Waals surface area contributed by atoms with E-state index < -0.39 is 22.5 Å². The fourth-order valence-electron chi connectivity index (χ4n) is 3.00. The largest absolute Gasteiger partial charge is 0.492 e. The second-order valence-corrected chi connectivity index (χ2v) is 10.1. The fraction of sp³-hybridized carbons (Fsp3) is 0.208. The Balaban J connectivity index is 1.71. The second kappa shape index (κ2) is 10.9. The number of nitrogens with zero attached hydrogens (tertiary/aromatic N) is 1. The van der Waals surface area contributed by atoms with E-state index in [1.807, 2.05) is 19.9 Å². The van der Waals surface area contributed by atoms with Crippen molar-refractivity contribution in [1.29, 1.82) is 0 Å². The van der Waals surface area contributed by atoms with Gasteiger partial charge in [0.2, 0.25) is 5.91 Å². The number of aryl methyl sites for hydroxylation is 2. The van der Waals surface area contributed by atoms with Crippen molar-refractivity contribution in [3.63, 3.8) is 0 Å². The smallest absolute Gasteiger partial charge is 0.264 e. The van der Waals surface area contributed by atoms with Gasteiger partial charge < -0.3 is 10.1 Å². The molecule has 3 aromatic rings. The Morgan fingerprint density at radius 3 is 2.33 bits per heavy atom. The molecule has 1 N–H and O–H groups in total. The van der Waals surface area contributed by atoms with Gasteiger partial charge in [-0.3, -0.25) is 9.10 Å². The molecule has 0 fully saturated rings. The maximum atomic E-state index is 13.4. The summed E-state index contributed by atoms with van der Waals surface area (Å²) in [7, 11) is -4.03. The van der Waals surface area contributed by atoms with Gasteiger partial charge in [-0.2, -0.15) is 0 Å². The molecule has 174 valence electrons. The van der Waals surface area contributed by atoms with Crippen LogP contribution in [0.1, 0.15) is 11.1 Å². The van der Waals surface area contributed by atoms with Gasteiger partial charge in [-0.25, -0.2) is 8.42 Å². The molecule has 0 saturated carbocycles. The minimum Gasteiger partial charge on any atom is -0.492 e. The minimum absolute atomic E-state index is 0.0698. The van der Waals surface area contributed by atoms with Crippen molar-refractivity contribution in [2.24, 2.45) is 0 Å². The third-order valence-corrected chi connectivity index (χ3v) is 7.35. The number of para-hydroxylation sites is 1. The lowest BCUT2D eigenvalue weighted by molar-refractivity contribution is -0.119. The zero-order valence-corrected chi connectivity index (χ0v) is 20.5. The Hall–Kier alpha value is -2.74. The van der Waals surface area contributed by atoms with E-state index in [0.717, 1.165) is 15.4 Å². The summed E-state index contributed by atoms with van der Waals surface area (Å²) >= 11 is 12.4. The van der Waals surface area contributed by atoms with Crippen LogP contribution in [0.3, 0.4) is 0 Å². The van der Waals surface area contributed by atoms with Crippen LogP contribution in [0.2, 0.25) is 10.0 Å². The minimum atomic E-state index is -4.03. The van der Waals surface area contributed by atoms with Gasteiger partial charge in [0.05, 0.1) is 22.2 Å². The van der Waals surface area contributed by atoms with E-state index in [9.17, 15) is 13.2 Å². The van der Waals surface area contributed by atoms with E-state index in [-0.39, 0.29) is 28.8 Å². The highest BCUT2D eigenvalue weighted by Crippen LogP contribution is 2.30. The van der Waals surface area contributed by atoms with Crippen molar-refractivity contribution in [3.05, 3.63) is 87.9 Å². The van der Waals surface area contributed by atoms with Crippen LogP contribution in [0.5, 0.6) is 5.75 Å². The Labute approximate surface area is 204 Å².